The van der Waals surface area contributed by atoms with Crippen LogP contribution in [-0.2, 0) is 25.6 Å². The second kappa shape index (κ2) is 8.58. The molecule has 1 unspecified atom stereocenters. The van der Waals surface area contributed by atoms with Gasteiger partial charge in [-0.15, -0.1) is 0 Å². The topological polar surface area (TPSA) is 104 Å². The SMILES string of the molecule is O=C1CCC(NC(=O)[C@H](Cc2ccccc2)NC(=O)CBr)C(=O)N1. The van der Waals surface area contributed by atoms with Crippen molar-refractivity contribution in [1.29, 1.82) is 0 Å². The molecule has 128 valence electrons. The van der Waals surface area contributed by atoms with Gasteiger partial charge in [-0.3, -0.25) is 24.5 Å². The average Bonchev–Trinajstić information content (AvgIpc) is 2.57. The third-order valence-electron chi connectivity index (χ3n) is 3.61. The molecule has 0 radical (unpaired) electrons. The molecular formula is C16H18BrN3O4. The summed E-state index contributed by atoms with van der Waals surface area (Å²) in [5.41, 5.74) is 0.885. The summed E-state index contributed by atoms with van der Waals surface area (Å²) in [7, 11) is 0. The Labute approximate surface area is 147 Å². The number of benzene rings is 1. The summed E-state index contributed by atoms with van der Waals surface area (Å²) in [4.78, 5) is 47.1. The van der Waals surface area contributed by atoms with Crippen LogP contribution in [0.3, 0.4) is 0 Å². The zero-order valence-corrected chi connectivity index (χ0v) is 14.5. The average molecular weight is 396 g/mol. The highest BCUT2D eigenvalue weighted by atomic mass is 79.9. The van der Waals surface area contributed by atoms with E-state index in [2.05, 4.69) is 31.9 Å². The number of imide groups is 1. The van der Waals surface area contributed by atoms with Crippen molar-refractivity contribution in [2.75, 3.05) is 5.33 Å². The molecule has 24 heavy (non-hydrogen) atoms. The summed E-state index contributed by atoms with van der Waals surface area (Å²) in [6.07, 6.45) is 0.729. The van der Waals surface area contributed by atoms with Gasteiger partial charge in [0.15, 0.2) is 0 Å². The first kappa shape index (κ1) is 18.1. The lowest BCUT2D eigenvalue weighted by molar-refractivity contribution is -0.137. The maximum Gasteiger partial charge on any atom is 0.249 e. The van der Waals surface area contributed by atoms with Crippen LogP contribution in [0.5, 0.6) is 0 Å². The molecule has 0 aromatic heterocycles. The molecule has 2 rings (SSSR count). The number of halogens is 1. The Hall–Kier alpha value is -2.22. The maximum absolute atomic E-state index is 12.5. The zero-order valence-electron chi connectivity index (χ0n) is 12.9. The van der Waals surface area contributed by atoms with Crippen LogP contribution in [0.4, 0.5) is 0 Å². The molecule has 0 spiro atoms. The van der Waals surface area contributed by atoms with Gasteiger partial charge in [-0.2, -0.15) is 0 Å². The van der Waals surface area contributed by atoms with Crippen molar-refractivity contribution in [3.8, 4) is 0 Å². The van der Waals surface area contributed by atoms with Crippen LogP contribution >= 0.6 is 15.9 Å². The predicted octanol–water partition coefficient (Wildman–Crippen LogP) is 0.0302. The minimum Gasteiger partial charge on any atom is -0.343 e. The summed E-state index contributed by atoms with van der Waals surface area (Å²) in [6, 6.07) is 7.68. The van der Waals surface area contributed by atoms with E-state index in [1.165, 1.54) is 0 Å². The molecule has 1 heterocycles. The third-order valence-corrected chi connectivity index (χ3v) is 4.12. The highest BCUT2D eigenvalue weighted by Crippen LogP contribution is 2.07. The van der Waals surface area contributed by atoms with Crippen molar-refractivity contribution in [1.82, 2.24) is 16.0 Å². The van der Waals surface area contributed by atoms with E-state index >= 15 is 0 Å². The maximum atomic E-state index is 12.5. The second-order valence-corrected chi connectivity index (χ2v) is 6.02. The van der Waals surface area contributed by atoms with Gasteiger partial charge in [0, 0.05) is 12.8 Å². The van der Waals surface area contributed by atoms with E-state index in [9.17, 15) is 19.2 Å². The molecule has 1 aromatic rings. The molecule has 1 aliphatic heterocycles. The van der Waals surface area contributed by atoms with Gasteiger partial charge in [0.1, 0.15) is 12.1 Å². The zero-order chi connectivity index (χ0) is 17.5. The molecule has 0 saturated carbocycles. The number of hydrogen-bond donors (Lipinski definition) is 3. The summed E-state index contributed by atoms with van der Waals surface area (Å²) in [5.74, 6) is -1.65. The number of alkyl halides is 1. The summed E-state index contributed by atoms with van der Waals surface area (Å²) in [5, 5.41) is 7.50. The number of nitrogens with one attached hydrogen (secondary N) is 3. The van der Waals surface area contributed by atoms with Gasteiger partial charge >= 0.3 is 0 Å². The highest BCUT2D eigenvalue weighted by Gasteiger charge is 2.30. The van der Waals surface area contributed by atoms with Crippen molar-refractivity contribution in [2.45, 2.75) is 31.3 Å². The van der Waals surface area contributed by atoms with Crippen LogP contribution < -0.4 is 16.0 Å². The van der Waals surface area contributed by atoms with Gasteiger partial charge in [0.2, 0.25) is 23.6 Å². The molecule has 0 bridgehead atoms. The van der Waals surface area contributed by atoms with E-state index in [-0.39, 0.29) is 30.0 Å². The molecule has 7 nitrogen and oxygen atoms in total. The van der Waals surface area contributed by atoms with Gasteiger partial charge in [-0.25, -0.2) is 0 Å². The molecule has 4 amide bonds. The largest absolute Gasteiger partial charge is 0.343 e. The minimum absolute atomic E-state index is 0.0734. The molecule has 1 aliphatic rings. The number of carbonyl (C=O) groups is 4. The van der Waals surface area contributed by atoms with Crippen molar-refractivity contribution in [3.63, 3.8) is 0 Å². The third kappa shape index (κ3) is 5.16. The number of rotatable bonds is 6. The van der Waals surface area contributed by atoms with Crippen molar-refractivity contribution >= 4 is 39.6 Å². The number of amides is 4. The van der Waals surface area contributed by atoms with Crippen molar-refractivity contribution in [2.24, 2.45) is 0 Å². The van der Waals surface area contributed by atoms with E-state index in [1.54, 1.807) is 0 Å². The Kier molecular flexibility index (Phi) is 6.48. The van der Waals surface area contributed by atoms with Gasteiger partial charge in [0.05, 0.1) is 5.33 Å². The summed E-state index contributed by atoms with van der Waals surface area (Å²) < 4.78 is 0. The molecule has 8 heteroatoms. The Morgan fingerprint density at radius 3 is 2.58 bits per heavy atom. The van der Waals surface area contributed by atoms with E-state index in [4.69, 9.17) is 0 Å². The number of carbonyl (C=O) groups excluding carboxylic acids is 4. The predicted molar refractivity (Wildman–Crippen MR) is 90.2 cm³/mol. The van der Waals surface area contributed by atoms with E-state index in [0.717, 1.165) is 5.56 Å². The first-order valence-electron chi connectivity index (χ1n) is 7.53. The first-order chi connectivity index (χ1) is 11.5. The van der Waals surface area contributed by atoms with Crippen LogP contribution in [0.15, 0.2) is 30.3 Å². The molecule has 1 fully saturated rings. The molecule has 1 aromatic carbocycles. The van der Waals surface area contributed by atoms with Crippen LogP contribution in [0.2, 0.25) is 0 Å². The van der Waals surface area contributed by atoms with E-state index < -0.39 is 23.9 Å². The van der Waals surface area contributed by atoms with Gasteiger partial charge in [-0.05, 0) is 12.0 Å². The molecule has 3 N–H and O–H groups in total. The van der Waals surface area contributed by atoms with Crippen LogP contribution in [-0.4, -0.2) is 41.0 Å². The van der Waals surface area contributed by atoms with Crippen molar-refractivity contribution in [3.05, 3.63) is 35.9 Å². The van der Waals surface area contributed by atoms with Crippen LogP contribution in [0.1, 0.15) is 18.4 Å². The van der Waals surface area contributed by atoms with Crippen LogP contribution in [0, 0.1) is 0 Å². The Bertz CT molecular complexity index is 635. The van der Waals surface area contributed by atoms with Crippen LogP contribution in [0.25, 0.3) is 0 Å². The smallest absolute Gasteiger partial charge is 0.249 e. The monoisotopic (exact) mass is 395 g/mol. The lowest BCUT2D eigenvalue weighted by Gasteiger charge is -2.25. The molecule has 2 atom stereocenters. The van der Waals surface area contributed by atoms with Gasteiger partial charge in [0.25, 0.3) is 0 Å². The number of piperidine rings is 1. The van der Waals surface area contributed by atoms with Crippen molar-refractivity contribution < 1.29 is 19.2 Å². The highest BCUT2D eigenvalue weighted by molar-refractivity contribution is 9.09. The quantitative estimate of drug-likeness (QED) is 0.466. The summed E-state index contributed by atoms with van der Waals surface area (Å²) in [6.45, 7) is 0. The minimum atomic E-state index is -0.803. The Balaban J connectivity index is 2.04. The van der Waals surface area contributed by atoms with Gasteiger partial charge in [-0.1, -0.05) is 46.3 Å². The molecule has 1 saturated heterocycles. The van der Waals surface area contributed by atoms with E-state index in [0.29, 0.717) is 6.42 Å². The normalized spacial score (nSPS) is 18.5. The second-order valence-electron chi connectivity index (χ2n) is 5.46. The summed E-state index contributed by atoms with van der Waals surface area (Å²) >= 11 is 3.05. The fourth-order valence-corrected chi connectivity index (χ4v) is 2.56. The fourth-order valence-electron chi connectivity index (χ4n) is 2.40. The molecule has 0 aliphatic carbocycles. The molecular weight excluding hydrogens is 378 g/mol. The first-order valence-corrected chi connectivity index (χ1v) is 8.65. The Morgan fingerprint density at radius 1 is 1.25 bits per heavy atom. The fraction of sp³-hybridized carbons (Fsp3) is 0.375. The lowest BCUT2D eigenvalue weighted by atomic mass is 10.0. The Morgan fingerprint density at radius 2 is 1.96 bits per heavy atom. The standard InChI is InChI=1S/C16H18BrN3O4/c17-9-14(22)18-12(8-10-4-2-1-3-5-10)16(24)19-11-6-7-13(21)20-15(11)23/h1-5,11-12H,6-9H2,(H,18,22)(H,19,24)(H,20,21,23)/t11?,12-/m0/s1. The number of hydrogen-bond acceptors (Lipinski definition) is 4. The lowest BCUT2D eigenvalue weighted by Crippen LogP contribution is -2.57. The van der Waals surface area contributed by atoms with E-state index in [1.807, 2.05) is 30.3 Å². The van der Waals surface area contributed by atoms with Gasteiger partial charge < -0.3 is 10.6 Å².